The van der Waals surface area contributed by atoms with Gasteiger partial charge in [0.25, 0.3) is 10.0 Å². The Bertz CT molecular complexity index is 779. The Hall–Kier alpha value is -0.980. The number of sulfonamides is 1. The topological polar surface area (TPSA) is 72.2 Å². The Kier molecular flexibility index (Phi) is 5.01. The van der Waals surface area contributed by atoms with E-state index in [9.17, 15) is 8.42 Å². The average Bonchev–Trinajstić information content (AvgIpc) is 2.43. The molecule has 0 spiro atoms. The standard InChI is InChI=1S/C13H11Cl3N2O2S/c14-9-2-4-10(15)12(6-9)18-21(19,20)13-5-8(7-17)1-3-11(13)16/h1-6,18H,7,17H2. The molecule has 8 heteroatoms. The maximum absolute atomic E-state index is 12.4. The van der Waals surface area contributed by atoms with Crippen molar-refractivity contribution in [2.45, 2.75) is 11.4 Å². The molecule has 21 heavy (non-hydrogen) atoms. The number of nitrogens with one attached hydrogen (secondary N) is 1. The molecule has 2 rings (SSSR count). The molecule has 0 saturated carbocycles. The Labute approximate surface area is 137 Å². The molecule has 3 N–H and O–H groups in total. The molecule has 0 aliphatic heterocycles. The Morgan fingerprint density at radius 1 is 1.00 bits per heavy atom. The fraction of sp³-hybridized carbons (Fsp3) is 0.0769. The molecule has 0 unspecified atom stereocenters. The van der Waals surface area contributed by atoms with E-state index < -0.39 is 10.0 Å². The lowest BCUT2D eigenvalue weighted by molar-refractivity contribution is 0.601. The summed E-state index contributed by atoms with van der Waals surface area (Å²) in [6, 6.07) is 9.04. The minimum Gasteiger partial charge on any atom is -0.326 e. The van der Waals surface area contributed by atoms with Crippen molar-refractivity contribution in [3.63, 3.8) is 0 Å². The number of halogens is 3. The molecule has 112 valence electrons. The van der Waals surface area contributed by atoms with Crippen molar-refractivity contribution in [2.75, 3.05) is 4.72 Å². The van der Waals surface area contributed by atoms with E-state index in [-0.39, 0.29) is 27.2 Å². The fourth-order valence-electron chi connectivity index (χ4n) is 1.66. The van der Waals surface area contributed by atoms with Gasteiger partial charge in [0.1, 0.15) is 4.90 Å². The Morgan fingerprint density at radius 2 is 1.67 bits per heavy atom. The van der Waals surface area contributed by atoms with Gasteiger partial charge in [-0.1, -0.05) is 40.9 Å². The summed E-state index contributed by atoms with van der Waals surface area (Å²) < 4.78 is 27.2. The lowest BCUT2D eigenvalue weighted by atomic mass is 10.2. The molecule has 2 aromatic carbocycles. The summed E-state index contributed by atoms with van der Waals surface area (Å²) in [5.74, 6) is 0. The maximum Gasteiger partial charge on any atom is 0.263 e. The average molecular weight is 366 g/mol. The van der Waals surface area contributed by atoms with Crippen molar-refractivity contribution in [1.29, 1.82) is 0 Å². The molecule has 0 fully saturated rings. The third-order valence-corrected chi connectivity index (χ3v) is 5.11. The lowest BCUT2D eigenvalue weighted by Crippen LogP contribution is -2.14. The van der Waals surface area contributed by atoms with Gasteiger partial charge in [-0.25, -0.2) is 8.42 Å². The van der Waals surface area contributed by atoms with Crippen LogP contribution < -0.4 is 10.5 Å². The van der Waals surface area contributed by atoms with Crippen molar-refractivity contribution in [2.24, 2.45) is 5.73 Å². The highest BCUT2D eigenvalue weighted by atomic mass is 35.5. The minimum absolute atomic E-state index is 0.0665. The van der Waals surface area contributed by atoms with Gasteiger partial charge in [-0.3, -0.25) is 4.72 Å². The number of nitrogens with two attached hydrogens (primary N) is 1. The van der Waals surface area contributed by atoms with Gasteiger partial charge in [-0.15, -0.1) is 0 Å². The van der Waals surface area contributed by atoms with Crippen LogP contribution in [0.1, 0.15) is 5.56 Å². The van der Waals surface area contributed by atoms with E-state index >= 15 is 0 Å². The molecule has 2 aromatic rings. The molecular formula is C13H11Cl3N2O2S. The predicted octanol–water partition coefficient (Wildman–Crippen LogP) is 3.91. The van der Waals surface area contributed by atoms with Gasteiger partial charge >= 0.3 is 0 Å². The van der Waals surface area contributed by atoms with E-state index in [0.717, 1.165) is 0 Å². The molecule has 0 aliphatic rings. The van der Waals surface area contributed by atoms with E-state index in [1.54, 1.807) is 12.1 Å². The Balaban J connectivity index is 2.45. The highest BCUT2D eigenvalue weighted by molar-refractivity contribution is 7.92. The van der Waals surface area contributed by atoms with Crippen molar-refractivity contribution in [3.8, 4) is 0 Å². The fourth-order valence-corrected chi connectivity index (χ4v) is 3.67. The zero-order valence-electron chi connectivity index (χ0n) is 10.6. The summed E-state index contributed by atoms with van der Waals surface area (Å²) >= 11 is 17.7. The number of hydrogen-bond acceptors (Lipinski definition) is 3. The van der Waals surface area contributed by atoms with Crippen LogP contribution in [0.2, 0.25) is 15.1 Å². The third-order valence-electron chi connectivity index (χ3n) is 2.69. The first kappa shape index (κ1) is 16.4. The second kappa shape index (κ2) is 6.42. The highest BCUT2D eigenvalue weighted by Crippen LogP contribution is 2.30. The van der Waals surface area contributed by atoms with Crippen LogP contribution in [0, 0.1) is 0 Å². The van der Waals surface area contributed by atoms with Crippen LogP contribution in [-0.4, -0.2) is 8.42 Å². The van der Waals surface area contributed by atoms with Crippen molar-refractivity contribution in [3.05, 3.63) is 57.0 Å². The summed E-state index contributed by atoms with van der Waals surface area (Å²) in [5.41, 5.74) is 6.34. The van der Waals surface area contributed by atoms with Gasteiger partial charge in [-0.05, 0) is 35.9 Å². The van der Waals surface area contributed by atoms with Crippen LogP contribution in [0.4, 0.5) is 5.69 Å². The van der Waals surface area contributed by atoms with Gasteiger partial charge in [0.05, 0.1) is 15.7 Å². The van der Waals surface area contributed by atoms with Crippen LogP contribution in [-0.2, 0) is 16.6 Å². The second-order valence-electron chi connectivity index (χ2n) is 4.20. The van der Waals surface area contributed by atoms with Gasteiger partial charge < -0.3 is 5.73 Å². The Morgan fingerprint density at radius 3 is 2.33 bits per heavy atom. The summed E-state index contributed by atoms with van der Waals surface area (Å²) in [6.45, 7) is 0.206. The van der Waals surface area contributed by atoms with E-state index in [2.05, 4.69) is 4.72 Å². The first-order valence-electron chi connectivity index (χ1n) is 5.80. The monoisotopic (exact) mass is 364 g/mol. The summed E-state index contributed by atoms with van der Waals surface area (Å²) in [4.78, 5) is -0.0665. The summed E-state index contributed by atoms with van der Waals surface area (Å²) in [5, 5.41) is 0.686. The van der Waals surface area contributed by atoms with Crippen LogP contribution in [0.25, 0.3) is 0 Å². The first-order valence-corrected chi connectivity index (χ1v) is 8.41. The zero-order chi connectivity index (χ0) is 15.6. The quantitative estimate of drug-likeness (QED) is 0.863. The highest BCUT2D eigenvalue weighted by Gasteiger charge is 2.20. The largest absolute Gasteiger partial charge is 0.326 e. The molecule has 0 radical (unpaired) electrons. The van der Waals surface area contributed by atoms with Gasteiger partial charge in [0.15, 0.2) is 0 Å². The van der Waals surface area contributed by atoms with Crippen molar-refractivity contribution in [1.82, 2.24) is 0 Å². The molecule has 4 nitrogen and oxygen atoms in total. The number of anilines is 1. The van der Waals surface area contributed by atoms with E-state index in [4.69, 9.17) is 40.5 Å². The molecule has 0 amide bonds. The third kappa shape index (κ3) is 3.81. The summed E-state index contributed by atoms with van der Waals surface area (Å²) in [6.07, 6.45) is 0. The maximum atomic E-state index is 12.4. The van der Waals surface area contributed by atoms with Gasteiger partial charge in [0, 0.05) is 11.6 Å². The molecule has 0 bridgehead atoms. The van der Waals surface area contributed by atoms with Crippen LogP contribution in [0.5, 0.6) is 0 Å². The number of rotatable bonds is 4. The molecule has 0 aliphatic carbocycles. The van der Waals surface area contributed by atoms with Crippen molar-refractivity contribution >= 4 is 50.5 Å². The second-order valence-corrected chi connectivity index (χ2v) is 7.10. The number of hydrogen-bond donors (Lipinski definition) is 2. The van der Waals surface area contributed by atoms with Gasteiger partial charge in [0.2, 0.25) is 0 Å². The van der Waals surface area contributed by atoms with Crippen molar-refractivity contribution < 1.29 is 8.42 Å². The van der Waals surface area contributed by atoms with E-state index in [0.29, 0.717) is 10.6 Å². The molecule has 0 saturated heterocycles. The van der Waals surface area contributed by atoms with Crippen LogP contribution in [0.3, 0.4) is 0 Å². The SMILES string of the molecule is NCc1ccc(Cl)c(S(=O)(=O)Nc2cc(Cl)ccc2Cl)c1. The number of benzene rings is 2. The molecule has 0 heterocycles. The van der Waals surface area contributed by atoms with Gasteiger partial charge in [-0.2, -0.15) is 0 Å². The van der Waals surface area contributed by atoms with Crippen LogP contribution in [0.15, 0.2) is 41.3 Å². The smallest absolute Gasteiger partial charge is 0.263 e. The lowest BCUT2D eigenvalue weighted by Gasteiger charge is -2.12. The molecular weight excluding hydrogens is 355 g/mol. The predicted molar refractivity (Wildman–Crippen MR) is 86.6 cm³/mol. The van der Waals surface area contributed by atoms with Crippen LogP contribution >= 0.6 is 34.8 Å². The zero-order valence-corrected chi connectivity index (χ0v) is 13.7. The molecule has 0 atom stereocenters. The summed E-state index contributed by atoms with van der Waals surface area (Å²) in [7, 11) is -3.90. The minimum atomic E-state index is -3.90. The normalized spacial score (nSPS) is 11.4. The molecule has 0 aromatic heterocycles. The first-order chi connectivity index (χ1) is 9.83. The van der Waals surface area contributed by atoms with E-state index in [1.165, 1.54) is 24.3 Å². The van der Waals surface area contributed by atoms with E-state index in [1.807, 2.05) is 0 Å².